The second kappa shape index (κ2) is 3.71. The van der Waals surface area contributed by atoms with E-state index in [0.717, 1.165) is 0 Å². The molecule has 0 aromatic heterocycles. The van der Waals surface area contributed by atoms with Crippen LogP contribution in [0.1, 0.15) is 6.92 Å². The van der Waals surface area contributed by atoms with Gasteiger partial charge >= 0.3 is 6.03 Å². The van der Waals surface area contributed by atoms with Gasteiger partial charge in [0.15, 0.2) is 0 Å². The lowest BCUT2D eigenvalue weighted by molar-refractivity contribution is -0.119. The minimum Gasteiger partial charge on any atom is -0.330 e. The molecule has 0 bridgehead atoms. The summed E-state index contributed by atoms with van der Waals surface area (Å²) in [5, 5.41) is 0. The van der Waals surface area contributed by atoms with Crippen molar-refractivity contribution in [3.63, 3.8) is 0 Å². The smallest absolute Gasteiger partial charge is 0.330 e. The van der Waals surface area contributed by atoms with Crippen LogP contribution in [0.3, 0.4) is 0 Å². The molecule has 0 saturated carbocycles. The highest BCUT2D eigenvalue weighted by Crippen LogP contribution is 1.72. The summed E-state index contributed by atoms with van der Waals surface area (Å²) in [4.78, 5) is 22.2. The number of urea groups is 1. The molecule has 0 aliphatic carbocycles. The summed E-state index contributed by atoms with van der Waals surface area (Å²) in [5.74, 6) is -0.296. The number of rotatable bonds is 0. The summed E-state index contributed by atoms with van der Waals surface area (Å²) < 4.78 is 0. The van der Waals surface area contributed by atoms with Crippen molar-refractivity contribution in [2.24, 2.45) is 0 Å². The lowest BCUT2D eigenvalue weighted by Crippen LogP contribution is -2.45. The maximum absolute atomic E-state index is 10.6. The third-order valence-electron chi connectivity index (χ3n) is 0.752. The van der Waals surface area contributed by atoms with Crippen LogP contribution in [0.2, 0.25) is 0 Å². The number of hydrogen-bond acceptors (Lipinski definition) is 2. The van der Waals surface area contributed by atoms with Crippen LogP contribution in [0.25, 0.3) is 0 Å². The molecule has 0 saturated heterocycles. The molecule has 2 N–H and O–H groups in total. The largest absolute Gasteiger partial charge is 0.335 e. The van der Waals surface area contributed by atoms with Gasteiger partial charge in [0, 0.05) is 21.0 Å². The molecule has 0 aromatic rings. The Labute approximate surface area is 59.4 Å². The second-order valence-electron chi connectivity index (χ2n) is 2.01. The Kier molecular flexibility index (Phi) is 3.24. The van der Waals surface area contributed by atoms with E-state index in [1.807, 2.05) is 0 Å². The summed E-state index contributed by atoms with van der Waals surface area (Å²) in [5.41, 5.74) is 4.32. The van der Waals surface area contributed by atoms with Crippen molar-refractivity contribution in [1.29, 1.82) is 0 Å². The molecule has 0 heterocycles. The van der Waals surface area contributed by atoms with E-state index in [1.165, 1.54) is 11.8 Å². The molecule has 5 nitrogen and oxygen atoms in total. The predicted molar refractivity (Wildman–Crippen MR) is 36.0 cm³/mol. The first-order valence-corrected chi connectivity index (χ1v) is 2.78. The Morgan fingerprint density at radius 3 is 2.00 bits per heavy atom. The van der Waals surface area contributed by atoms with Crippen molar-refractivity contribution < 1.29 is 9.59 Å². The van der Waals surface area contributed by atoms with Crippen molar-refractivity contribution in [1.82, 2.24) is 15.8 Å². The number of hydrazine groups is 1. The molecule has 58 valence electrons. The zero-order valence-corrected chi connectivity index (χ0v) is 6.26. The molecule has 5 heteroatoms. The van der Waals surface area contributed by atoms with Gasteiger partial charge in [0.1, 0.15) is 0 Å². The minimum absolute atomic E-state index is 0.296. The van der Waals surface area contributed by atoms with Crippen molar-refractivity contribution in [2.45, 2.75) is 6.92 Å². The standard InChI is InChI=1S/C5H11N3O2/c1-4(9)6-7-5(10)8(2)3/h1-3H3,(H,6,9)(H,7,10). The lowest BCUT2D eigenvalue weighted by Gasteiger charge is -2.10. The van der Waals surface area contributed by atoms with Crippen LogP contribution in [-0.2, 0) is 4.79 Å². The quantitative estimate of drug-likeness (QED) is 0.443. The first kappa shape index (κ1) is 8.74. The SMILES string of the molecule is CC(=O)NNC(=O)N(C)C. The predicted octanol–water partition coefficient (Wildman–Crippen LogP) is -0.691. The van der Waals surface area contributed by atoms with Crippen molar-refractivity contribution in [2.75, 3.05) is 14.1 Å². The Morgan fingerprint density at radius 1 is 1.20 bits per heavy atom. The third kappa shape index (κ3) is 3.71. The van der Waals surface area contributed by atoms with Crippen LogP contribution in [0.15, 0.2) is 0 Å². The first-order valence-electron chi connectivity index (χ1n) is 2.78. The monoisotopic (exact) mass is 145 g/mol. The first-order chi connectivity index (χ1) is 4.54. The fourth-order valence-corrected chi connectivity index (χ4v) is 0.253. The molecule has 0 aliphatic heterocycles. The van der Waals surface area contributed by atoms with Gasteiger partial charge in [-0.25, -0.2) is 10.2 Å². The molecule has 0 unspecified atom stereocenters. The van der Waals surface area contributed by atoms with Gasteiger partial charge < -0.3 is 4.90 Å². The van der Waals surface area contributed by atoms with Crippen LogP contribution in [0.4, 0.5) is 4.79 Å². The van der Waals surface area contributed by atoms with E-state index < -0.39 is 0 Å². The zero-order chi connectivity index (χ0) is 8.15. The fraction of sp³-hybridized carbons (Fsp3) is 0.600. The second-order valence-corrected chi connectivity index (χ2v) is 2.01. The van der Waals surface area contributed by atoms with Crippen LogP contribution in [0, 0.1) is 0 Å². The average molecular weight is 145 g/mol. The summed E-state index contributed by atoms with van der Waals surface area (Å²) >= 11 is 0. The van der Waals surface area contributed by atoms with Crippen molar-refractivity contribution in [3.8, 4) is 0 Å². The maximum atomic E-state index is 10.6. The number of nitrogens with one attached hydrogen (secondary N) is 2. The van der Waals surface area contributed by atoms with Gasteiger partial charge in [-0.3, -0.25) is 10.2 Å². The highest BCUT2D eigenvalue weighted by Gasteiger charge is 2.00. The summed E-state index contributed by atoms with van der Waals surface area (Å²) in [6.07, 6.45) is 0. The lowest BCUT2D eigenvalue weighted by atomic mass is 10.7. The Balaban J connectivity index is 3.50. The van der Waals surface area contributed by atoms with Gasteiger partial charge in [0.05, 0.1) is 0 Å². The Hall–Kier alpha value is -1.26. The molecule has 0 rings (SSSR count). The molecule has 0 fully saturated rings. The number of nitrogens with zero attached hydrogens (tertiary/aromatic N) is 1. The third-order valence-corrected chi connectivity index (χ3v) is 0.752. The van der Waals surface area contributed by atoms with E-state index in [2.05, 4.69) is 10.9 Å². The number of carbonyl (C=O) groups is 2. The van der Waals surface area contributed by atoms with Crippen LogP contribution >= 0.6 is 0 Å². The molecule has 0 spiro atoms. The van der Waals surface area contributed by atoms with Crippen LogP contribution < -0.4 is 10.9 Å². The molecule has 3 amide bonds. The average Bonchev–Trinajstić information content (AvgIpc) is 1.82. The van der Waals surface area contributed by atoms with Gasteiger partial charge in [0.2, 0.25) is 5.91 Å². The molecule has 0 aromatic carbocycles. The minimum atomic E-state index is -0.352. The van der Waals surface area contributed by atoms with Gasteiger partial charge in [-0.2, -0.15) is 0 Å². The molecule has 0 atom stereocenters. The van der Waals surface area contributed by atoms with Gasteiger partial charge in [-0.05, 0) is 0 Å². The van der Waals surface area contributed by atoms with Crippen LogP contribution in [0.5, 0.6) is 0 Å². The van der Waals surface area contributed by atoms with Crippen molar-refractivity contribution >= 4 is 11.9 Å². The number of hydrogen-bond donors (Lipinski definition) is 2. The molecule has 10 heavy (non-hydrogen) atoms. The molecular weight excluding hydrogens is 134 g/mol. The van der Waals surface area contributed by atoms with Gasteiger partial charge in [-0.15, -0.1) is 0 Å². The van der Waals surface area contributed by atoms with Crippen LogP contribution in [-0.4, -0.2) is 30.9 Å². The van der Waals surface area contributed by atoms with E-state index in [0.29, 0.717) is 0 Å². The fourth-order valence-electron chi connectivity index (χ4n) is 0.253. The summed E-state index contributed by atoms with van der Waals surface area (Å²) in [6.45, 7) is 1.32. The van der Waals surface area contributed by atoms with E-state index in [1.54, 1.807) is 14.1 Å². The van der Waals surface area contributed by atoms with Gasteiger partial charge in [0.25, 0.3) is 0 Å². The molecule has 0 radical (unpaired) electrons. The topological polar surface area (TPSA) is 61.4 Å². The maximum Gasteiger partial charge on any atom is 0.335 e. The highest BCUT2D eigenvalue weighted by atomic mass is 16.2. The number of amides is 3. The molecular formula is C5H11N3O2. The van der Waals surface area contributed by atoms with E-state index in [-0.39, 0.29) is 11.9 Å². The zero-order valence-electron chi connectivity index (χ0n) is 6.26. The summed E-state index contributed by atoms with van der Waals surface area (Å²) in [6, 6.07) is -0.352. The molecule has 0 aliphatic rings. The van der Waals surface area contributed by atoms with E-state index >= 15 is 0 Å². The van der Waals surface area contributed by atoms with Gasteiger partial charge in [-0.1, -0.05) is 0 Å². The van der Waals surface area contributed by atoms with Crippen molar-refractivity contribution in [3.05, 3.63) is 0 Å². The highest BCUT2D eigenvalue weighted by molar-refractivity contribution is 5.79. The Bertz CT molecular complexity index is 144. The van der Waals surface area contributed by atoms with E-state index in [4.69, 9.17) is 0 Å². The normalized spacial score (nSPS) is 8.30. The Morgan fingerprint density at radius 2 is 1.70 bits per heavy atom. The number of carbonyl (C=O) groups excluding carboxylic acids is 2. The van der Waals surface area contributed by atoms with E-state index in [9.17, 15) is 9.59 Å². The summed E-state index contributed by atoms with van der Waals surface area (Å²) in [7, 11) is 3.16.